The monoisotopic (exact) mass is 334 g/mol. The maximum Gasteiger partial charge on any atom is 0.251 e. The summed E-state index contributed by atoms with van der Waals surface area (Å²) < 4.78 is 0. The van der Waals surface area contributed by atoms with Gasteiger partial charge in [-0.3, -0.25) is 4.79 Å². The van der Waals surface area contributed by atoms with E-state index in [-0.39, 0.29) is 5.91 Å². The zero-order chi connectivity index (χ0) is 17.5. The van der Waals surface area contributed by atoms with Crippen LogP contribution in [0, 0.1) is 6.92 Å². The van der Waals surface area contributed by atoms with Gasteiger partial charge in [-0.1, -0.05) is 42.0 Å². The van der Waals surface area contributed by atoms with E-state index in [1.165, 1.54) is 5.56 Å². The van der Waals surface area contributed by atoms with E-state index in [0.29, 0.717) is 25.2 Å². The maximum absolute atomic E-state index is 12.4. The van der Waals surface area contributed by atoms with Crippen LogP contribution in [0.25, 0.3) is 0 Å². The molecule has 0 atom stereocenters. The molecule has 1 aromatic heterocycles. The molecule has 2 aromatic carbocycles. The third-order valence-electron chi connectivity index (χ3n) is 3.96. The minimum absolute atomic E-state index is 0.0593. The molecule has 3 rings (SSSR count). The van der Waals surface area contributed by atoms with Crippen molar-refractivity contribution in [3.05, 3.63) is 89.0 Å². The number of nitrogens with zero attached hydrogens (tertiary/aromatic N) is 1. The van der Waals surface area contributed by atoms with Crippen molar-refractivity contribution in [2.45, 2.75) is 26.6 Å². The highest BCUT2D eigenvalue weighted by atomic mass is 16.1. The number of aromatic amines is 1. The largest absolute Gasteiger partial charge is 0.348 e. The number of rotatable bonds is 7. The van der Waals surface area contributed by atoms with E-state index in [4.69, 9.17) is 0 Å². The predicted molar refractivity (Wildman–Crippen MR) is 97.9 cm³/mol. The van der Waals surface area contributed by atoms with Gasteiger partial charge in [0, 0.05) is 37.1 Å². The summed E-state index contributed by atoms with van der Waals surface area (Å²) in [7, 11) is 0. The molecule has 1 amide bonds. The first-order valence-electron chi connectivity index (χ1n) is 8.31. The predicted octanol–water partition coefficient (Wildman–Crippen LogP) is 2.94. The molecule has 0 aliphatic carbocycles. The van der Waals surface area contributed by atoms with E-state index in [0.717, 1.165) is 16.8 Å². The highest BCUT2D eigenvalue weighted by molar-refractivity contribution is 5.94. The number of benzene rings is 2. The fourth-order valence-corrected chi connectivity index (χ4v) is 2.54. The van der Waals surface area contributed by atoms with Crippen LogP contribution in [0.4, 0.5) is 0 Å². The van der Waals surface area contributed by atoms with Gasteiger partial charge in [0.05, 0.1) is 6.33 Å². The Kier molecular flexibility index (Phi) is 5.59. The van der Waals surface area contributed by atoms with Crippen LogP contribution in [0.1, 0.15) is 32.7 Å². The van der Waals surface area contributed by atoms with Crippen LogP contribution in [-0.2, 0) is 19.6 Å². The summed E-state index contributed by atoms with van der Waals surface area (Å²) in [5.74, 6) is -0.0593. The minimum Gasteiger partial charge on any atom is -0.348 e. The molecule has 5 heteroatoms. The van der Waals surface area contributed by atoms with Gasteiger partial charge in [0.2, 0.25) is 0 Å². The molecule has 128 valence electrons. The van der Waals surface area contributed by atoms with Crippen molar-refractivity contribution in [3.8, 4) is 0 Å². The molecule has 0 unspecified atom stereocenters. The van der Waals surface area contributed by atoms with E-state index in [1.54, 1.807) is 12.5 Å². The van der Waals surface area contributed by atoms with E-state index in [9.17, 15) is 4.79 Å². The number of imidazole rings is 1. The number of carbonyl (C=O) groups is 1. The second-order valence-electron chi connectivity index (χ2n) is 6.05. The highest BCUT2D eigenvalue weighted by Gasteiger charge is 2.06. The molecule has 0 radical (unpaired) electrons. The van der Waals surface area contributed by atoms with Gasteiger partial charge in [-0.25, -0.2) is 4.98 Å². The molecule has 3 N–H and O–H groups in total. The SMILES string of the molecule is Cc1ccc(CNC(=O)c2cccc(CNCc3cnc[nH]3)c2)cc1. The lowest BCUT2D eigenvalue weighted by atomic mass is 10.1. The van der Waals surface area contributed by atoms with Crippen molar-refractivity contribution in [3.63, 3.8) is 0 Å². The average molecular weight is 334 g/mol. The van der Waals surface area contributed by atoms with Crippen molar-refractivity contribution in [2.24, 2.45) is 0 Å². The van der Waals surface area contributed by atoms with E-state index in [2.05, 4.69) is 20.6 Å². The molecular weight excluding hydrogens is 312 g/mol. The third kappa shape index (κ3) is 5.02. The first-order chi connectivity index (χ1) is 12.2. The van der Waals surface area contributed by atoms with E-state index >= 15 is 0 Å². The van der Waals surface area contributed by atoms with Gasteiger partial charge in [-0.2, -0.15) is 0 Å². The molecule has 0 saturated carbocycles. The number of H-pyrrole nitrogens is 1. The zero-order valence-electron chi connectivity index (χ0n) is 14.3. The summed E-state index contributed by atoms with van der Waals surface area (Å²) in [6.07, 6.45) is 3.46. The molecule has 25 heavy (non-hydrogen) atoms. The zero-order valence-corrected chi connectivity index (χ0v) is 14.3. The molecule has 0 bridgehead atoms. The number of aromatic nitrogens is 2. The van der Waals surface area contributed by atoms with E-state index < -0.39 is 0 Å². The number of nitrogens with one attached hydrogen (secondary N) is 3. The summed E-state index contributed by atoms with van der Waals surface area (Å²) in [6, 6.07) is 15.8. The molecule has 0 spiro atoms. The summed E-state index contributed by atoms with van der Waals surface area (Å²) in [5.41, 5.74) is 5.09. The molecule has 3 aromatic rings. The fourth-order valence-electron chi connectivity index (χ4n) is 2.54. The second kappa shape index (κ2) is 8.26. The van der Waals surface area contributed by atoms with Crippen molar-refractivity contribution in [1.82, 2.24) is 20.6 Å². The lowest BCUT2D eigenvalue weighted by Gasteiger charge is -2.08. The van der Waals surface area contributed by atoms with Gasteiger partial charge in [0.15, 0.2) is 0 Å². The fraction of sp³-hybridized carbons (Fsp3) is 0.200. The Labute approximate surface area is 147 Å². The number of amides is 1. The Hall–Kier alpha value is -2.92. The molecule has 0 saturated heterocycles. The smallest absolute Gasteiger partial charge is 0.251 e. The van der Waals surface area contributed by atoms with Crippen LogP contribution in [0.5, 0.6) is 0 Å². The van der Waals surface area contributed by atoms with Crippen LogP contribution < -0.4 is 10.6 Å². The summed E-state index contributed by atoms with van der Waals surface area (Å²) in [6.45, 7) is 3.98. The Morgan fingerprint density at radius 1 is 1.04 bits per heavy atom. The van der Waals surface area contributed by atoms with Crippen molar-refractivity contribution >= 4 is 5.91 Å². The number of hydrogen-bond donors (Lipinski definition) is 3. The van der Waals surface area contributed by atoms with Gasteiger partial charge >= 0.3 is 0 Å². The lowest BCUT2D eigenvalue weighted by molar-refractivity contribution is 0.0951. The summed E-state index contributed by atoms with van der Waals surface area (Å²) in [5, 5.41) is 6.30. The Morgan fingerprint density at radius 3 is 2.64 bits per heavy atom. The molecule has 1 heterocycles. The van der Waals surface area contributed by atoms with Gasteiger partial charge in [-0.15, -0.1) is 0 Å². The van der Waals surface area contributed by atoms with Gasteiger partial charge in [0.1, 0.15) is 0 Å². The van der Waals surface area contributed by atoms with Crippen LogP contribution in [-0.4, -0.2) is 15.9 Å². The van der Waals surface area contributed by atoms with Gasteiger partial charge in [0.25, 0.3) is 5.91 Å². The molecule has 0 aliphatic rings. The molecule has 5 nitrogen and oxygen atoms in total. The quantitative estimate of drug-likeness (QED) is 0.622. The Morgan fingerprint density at radius 2 is 1.88 bits per heavy atom. The van der Waals surface area contributed by atoms with Crippen molar-refractivity contribution < 1.29 is 4.79 Å². The molecule has 0 aliphatic heterocycles. The topological polar surface area (TPSA) is 69.8 Å². The second-order valence-corrected chi connectivity index (χ2v) is 6.05. The third-order valence-corrected chi connectivity index (χ3v) is 3.96. The Bertz CT molecular complexity index is 810. The summed E-state index contributed by atoms with van der Waals surface area (Å²) in [4.78, 5) is 19.4. The highest BCUT2D eigenvalue weighted by Crippen LogP contribution is 2.07. The number of hydrogen-bond acceptors (Lipinski definition) is 3. The number of carbonyl (C=O) groups excluding carboxylic acids is 1. The van der Waals surface area contributed by atoms with Crippen LogP contribution >= 0.6 is 0 Å². The van der Waals surface area contributed by atoms with Crippen molar-refractivity contribution in [2.75, 3.05) is 0 Å². The summed E-state index contributed by atoms with van der Waals surface area (Å²) >= 11 is 0. The van der Waals surface area contributed by atoms with Gasteiger partial charge in [-0.05, 0) is 30.2 Å². The van der Waals surface area contributed by atoms with Gasteiger partial charge < -0.3 is 15.6 Å². The minimum atomic E-state index is -0.0593. The maximum atomic E-state index is 12.4. The normalized spacial score (nSPS) is 10.6. The standard InChI is InChI=1S/C20H22N4O/c1-15-5-7-16(8-6-15)11-23-20(25)18-4-2-3-17(9-18)10-21-12-19-13-22-14-24-19/h2-9,13-14,21H,10-12H2,1H3,(H,22,24)(H,23,25). The van der Waals surface area contributed by atoms with Crippen LogP contribution in [0.3, 0.4) is 0 Å². The van der Waals surface area contributed by atoms with Crippen LogP contribution in [0.2, 0.25) is 0 Å². The average Bonchev–Trinajstić information content (AvgIpc) is 3.15. The molecule has 0 fully saturated rings. The lowest BCUT2D eigenvalue weighted by Crippen LogP contribution is -2.23. The van der Waals surface area contributed by atoms with E-state index in [1.807, 2.05) is 55.5 Å². The number of aryl methyl sites for hydroxylation is 1. The first kappa shape index (κ1) is 16.9. The Balaban J connectivity index is 1.52. The molecular formula is C20H22N4O. The first-order valence-corrected chi connectivity index (χ1v) is 8.31. The van der Waals surface area contributed by atoms with Crippen LogP contribution in [0.15, 0.2) is 61.1 Å². The van der Waals surface area contributed by atoms with Crippen molar-refractivity contribution in [1.29, 1.82) is 0 Å².